The molecule has 0 aliphatic carbocycles. The molecule has 0 rings (SSSR count). The number of carbonyl (C=O) groups is 1. The summed E-state index contributed by atoms with van der Waals surface area (Å²) in [5, 5.41) is 9.68. The number of rotatable bonds is 3. The number of allylic oxidation sites excluding steroid dienone is 1. The highest BCUT2D eigenvalue weighted by molar-refractivity contribution is 5.77. The van der Waals surface area contributed by atoms with Gasteiger partial charge in [0.25, 0.3) is 0 Å². The van der Waals surface area contributed by atoms with Crippen molar-refractivity contribution in [1.29, 1.82) is 0 Å². The van der Waals surface area contributed by atoms with Crippen LogP contribution in [0.3, 0.4) is 0 Å². The third-order valence-electron chi connectivity index (χ3n) is 0.709. The first-order valence-corrected chi connectivity index (χ1v) is 4.50. The van der Waals surface area contributed by atoms with Crippen LogP contribution in [0.4, 0.5) is 0 Å². The summed E-state index contributed by atoms with van der Waals surface area (Å²) in [6.45, 7) is 8.21. The van der Waals surface area contributed by atoms with Crippen LogP contribution in [0.25, 0.3) is 0 Å². The molecule has 0 aromatic heterocycles. The molecule has 0 radical (unpaired) electrons. The van der Waals surface area contributed by atoms with Crippen molar-refractivity contribution in [3.63, 3.8) is 0 Å². The van der Waals surface area contributed by atoms with Gasteiger partial charge in [0.05, 0.1) is 11.5 Å². The van der Waals surface area contributed by atoms with Crippen LogP contribution in [0, 0.1) is 0 Å². The molecule has 0 fully saturated rings. The lowest BCUT2D eigenvalue weighted by molar-refractivity contribution is -0.458. The highest BCUT2D eigenvalue weighted by Crippen LogP contribution is 1.86. The molecule has 0 unspecified atom stereocenters. The van der Waals surface area contributed by atoms with Crippen molar-refractivity contribution in [3.05, 3.63) is 12.2 Å². The Balaban J connectivity index is 0. The number of aliphatic carboxylic acids is 1. The van der Waals surface area contributed by atoms with Crippen LogP contribution in [0.2, 0.25) is 0 Å². The summed E-state index contributed by atoms with van der Waals surface area (Å²) in [5.74, 6) is -1.11. The second kappa shape index (κ2) is 7.80. The Morgan fingerprint density at radius 3 is 2.08 bits per heavy atom. The van der Waals surface area contributed by atoms with Crippen LogP contribution in [0.15, 0.2) is 12.2 Å². The molecule has 0 bridgehead atoms. The van der Waals surface area contributed by atoms with Gasteiger partial charge in [0.15, 0.2) is 0 Å². The van der Waals surface area contributed by atoms with Crippen molar-refractivity contribution in [3.8, 4) is 0 Å². The van der Waals surface area contributed by atoms with E-state index in [0.717, 1.165) is 18.9 Å². The van der Waals surface area contributed by atoms with E-state index in [-0.39, 0.29) is 5.54 Å². The van der Waals surface area contributed by atoms with Gasteiger partial charge in [-0.15, -0.1) is 0 Å². The van der Waals surface area contributed by atoms with E-state index in [1.54, 1.807) is 6.08 Å². The summed E-state index contributed by atoms with van der Waals surface area (Å²) in [7, 11) is 0. The van der Waals surface area contributed by atoms with E-state index in [4.69, 9.17) is 0 Å². The largest absolute Gasteiger partial charge is 0.545 e. The average molecular weight is 187 g/mol. The second-order valence-electron chi connectivity index (χ2n) is 4.07. The molecule has 0 aromatic rings. The fourth-order valence-corrected chi connectivity index (χ4v) is 0.346. The van der Waals surface area contributed by atoms with Crippen molar-refractivity contribution < 1.29 is 15.6 Å². The fourth-order valence-electron chi connectivity index (χ4n) is 0.346. The lowest BCUT2D eigenvalue weighted by atomic mass is 10.1. The van der Waals surface area contributed by atoms with E-state index in [0.29, 0.717) is 0 Å². The van der Waals surface area contributed by atoms with E-state index < -0.39 is 5.97 Å². The van der Waals surface area contributed by atoms with Crippen LogP contribution in [-0.4, -0.2) is 11.5 Å². The van der Waals surface area contributed by atoms with Crippen LogP contribution in [0.5, 0.6) is 0 Å². The molecule has 0 aliphatic rings. The molecule has 0 saturated carbocycles. The Morgan fingerprint density at radius 2 is 1.85 bits per heavy atom. The van der Waals surface area contributed by atoms with Crippen molar-refractivity contribution in [2.24, 2.45) is 0 Å². The van der Waals surface area contributed by atoms with Gasteiger partial charge in [0.1, 0.15) is 0 Å². The van der Waals surface area contributed by atoms with Crippen LogP contribution in [-0.2, 0) is 4.79 Å². The zero-order chi connectivity index (χ0) is 10.9. The number of unbranched alkanes of at least 4 members (excludes halogenated alkanes) is 1. The number of hydrogen-bond acceptors (Lipinski definition) is 2. The van der Waals surface area contributed by atoms with Crippen molar-refractivity contribution in [1.82, 2.24) is 0 Å². The molecule has 3 nitrogen and oxygen atoms in total. The quantitative estimate of drug-likeness (QED) is 0.638. The van der Waals surface area contributed by atoms with Gasteiger partial charge in [-0.1, -0.05) is 19.4 Å². The fraction of sp³-hybridized carbons (Fsp3) is 0.700. The summed E-state index contributed by atoms with van der Waals surface area (Å²) in [6, 6.07) is 0. The summed E-state index contributed by atoms with van der Waals surface area (Å²) in [6.07, 6.45) is 4.44. The zero-order valence-corrected chi connectivity index (χ0v) is 9.09. The molecule has 3 N–H and O–H groups in total. The Labute approximate surface area is 80.6 Å². The van der Waals surface area contributed by atoms with Gasteiger partial charge in [-0.2, -0.15) is 0 Å². The maximum Gasteiger partial charge on any atom is 0.0860 e. The SMILES string of the molecule is CC(C)(C)[NH3+].CCCC=CC(=O)[O-]. The van der Waals surface area contributed by atoms with E-state index in [1.165, 1.54) is 0 Å². The van der Waals surface area contributed by atoms with Gasteiger partial charge in [-0.05, 0) is 33.3 Å². The van der Waals surface area contributed by atoms with Gasteiger partial charge < -0.3 is 15.6 Å². The number of carboxylic acid groups (broad SMARTS) is 1. The summed E-state index contributed by atoms with van der Waals surface area (Å²) in [4.78, 5) is 9.68. The lowest BCUT2D eigenvalue weighted by Crippen LogP contribution is -2.67. The predicted molar refractivity (Wildman–Crippen MR) is 51.7 cm³/mol. The lowest BCUT2D eigenvalue weighted by Gasteiger charge is -2.01. The van der Waals surface area contributed by atoms with Crippen molar-refractivity contribution in [2.45, 2.75) is 46.1 Å². The molecule has 0 atom stereocenters. The molecular weight excluding hydrogens is 166 g/mol. The molecule has 0 saturated heterocycles. The van der Waals surface area contributed by atoms with E-state index in [9.17, 15) is 9.90 Å². The van der Waals surface area contributed by atoms with Gasteiger partial charge >= 0.3 is 0 Å². The number of carbonyl (C=O) groups excluding carboxylic acids is 1. The van der Waals surface area contributed by atoms with E-state index >= 15 is 0 Å². The molecule has 0 aliphatic heterocycles. The minimum Gasteiger partial charge on any atom is -0.545 e. The van der Waals surface area contributed by atoms with Gasteiger partial charge in [-0.3, -0.25) is 0 Å². The molecule has 0 amide bonds. The predicted octanol–water partition coefficient (Wildman–Crippen LogP) is 0.119. The summed E-state index contributed by atoms with van der Waals surface area (Å²) < 4.78 is 0. The maximum absolute atomic E-state index is 9.68. The Hall–Kier alpha value is -0.830. The molecule has 0 heterocycles. The molecule has 0 aromatic carbocycles. The minimum atomic E-state index is -1.11. The third-order valence-corrected chi connectivity index (χ3v) is 0.709. The first-order valence-electron chi connectivity index (χ1n) is 4.50. The van der Waals surface area contributed by atoms with Crippen molar-refractivity contribution >= 4 is 5.97 Å². The standard InChI is InChI=1S/C6H10O2.C4H11N/c1-2-3-4-5-6(7)8;1-4(2,3)5/h4-5H,2-3H2,1H3,(H,7,8);5H2,1-3H3. The van der Waals surface area contributed by atoms with E-state index in [2.05, 4.69) is 26.5 Å². The molecule has 3 heteroatoms. The van der Waals surface area contributed by atoms with Crippen LogP contribution >= 0.6 is 0 Å². The van der Waals surface area contributed by atoms with Crippen molar-refractivity contribution in [2.75, 3.05) is 0 Å². The zero-order valence-electron chi connectivity index (χ0n) is 9.09. The van der Waals surface area contributed by atoms with Gasteiger partial charge in [-0.25, -0.2) is 0 Å². The second-order valence-corrected chi connectivity index (χ2v) is 4.07. The van der Waals surface area contributed by atoms with Gasteiger partial charge in [0.2, 0.25) is 0 Å². The third kappa shape index (κ3) is 54.0. The smallest absolute Gasteiger partial charge is 0.0860 e. The monoisotopic (exact) mass is 187 g/mol. The minimum absolute atomic E-state index is 0.250. The first kappa shape index (κ1) is 14.7. The summed E-state index contributed by atoms with van der Waals surface area (Å²) in [5.41, 5.74) is 4.02. The van der Waals surface area contributed by atoms with Crippen LogP contribution in [0.1, 0.15) is 40.5 Å². The van der Waals surface area contributed by atoms with E-state index in [1.807, 2.05) is 6.92 Å². The average Bonchev–Trinajstić information content (AvgIpc) is 1.83. The normalized spacial score (nSPS) is 10.8. The molecular formula is C10H21NO2. The Bertz CT molecular complexity index is 151. The highest BCUT2D eigenvalue weighted by atomic mass is 16.4. The number of carboxylic acids is 1. The topological polar surface area (TPSA) is 67.8 Å². The summed E-state index contributed by atoms with van der Waals surface area (Å²) >= 11 is 0. The van der Waals surface area contributed by atoms with Gasteiger partial charge in [0, 0.05) is 0 Å². The van der Waals surface area contributed by atoms with Crippen LogP contribution < -0.4 is 10.8 Å². The molecule has 13 heavy (non-hydrogen) atoms. The Morgan fingerprint density at radius 1 is 1.46 bits per heavy atom. The molecule has 78 valence electrons. The maximum atomic E-state index is 9.68. The number of hydrogen-bond donors (Lipinski definition) is 1. The first-order chi connectivity index (χ1) is 5.77. The molecule has 0 spiro atoms. The highest BCUT2D eigenvalue weighted by Gasteiger charge is 2.00. The number of quaternary nitrogens is 1. The Kier molecular flexibility index (Phi) is 8.81.